The zero-order valence-corrected chi connectivity index (χ0v) is 23.2. The van der Waals surface area contributed by atoms with Crippen molar-refractivity contribution in [3.05, 3.63) is 11.6 Å². The van der Waals surface area contributed by atoms with Crippen molar-refractivity contribution < 1.29 is 20.1 Å². The zero-order chi connectivity index (χ0) is 25.9. The molecule has 0 aromatic heterocycles. The van der Waals surface area contributed by atoms with Gasteiger partial charge < -0.3 is 20.2 Å². The number of carbonyl (C=O) groups is 1. The number of piperidine rings is 1. The van der Waals surface area contributed by atoms with Gasteiger partial charge in [-0.05, 0) is 111 Å². The van der Waals surface area contributed by atoms with Gasteiger partial charge in [-0.25, -0.2) is 0 Å². The molecule has 0 unspecified atom stereocenters. The lowest BCUT2D eigenvalue weighted by Gasteiger charge is -2.60. The highest BCUT2D eigenvalue weighted by molar-refractivity contribution is 5.76. The Morgan fingerprint density at radius 2 is 1.86 bits per heavy atom. The first-order chi connectivity index (χ1) is 17.0. The Balaban J connectivity index is 1.23. The molecule has 5 aliphatic rings. The van der Waals surface area contributed by atoms with Gasteiger partial charge >= 0.3 is 0 Å². The molecule has 5 nitrogen and oxygen atoms in total. The van der Waals surface area contributed by atoms with Crippen molar-refractivity contribution in [2.24, 2.45) is 40.4 Å². The van der Waals surface area contributed by atoms with E-state index in [0.717, 1.165) is 44.9 Å². The molecule has 36 heavy (non-hydrogen) atoms. The molecule has 1 saturated heterocycles. The second kappa shape index (κ2) is 9.68. The van der Waals surface area contributed by atoms with E-state index < -0.39 is 5.60 Å². The fraction of sp³-hybridized carbons (Fsp3) is 0.903. The van der Waals surface area contributed by atoms with E-state index >= 15 is 0 Å². The lowest BCUT2D eigenvalue weighted by molar-refractivity contribution is -0.137. The van der Waals surface area contributed by atoms with Crippen LogP contribution in [0.3, 0.4) is 0 Å². The van der Waals surface area contributed by atoms with E-state index in [1.807, 2.05) is 11.8 Å². The summed E-state index contributed by atoms with van der Waals surface area (Å²) in [4.78, 5) is 15.0. The number of likely N-dealkylation sites (tertiary alicyclic amines) is 1. The summed E-state index contributed by atoms with van der Waals surface area (Å²) in [7, 11) is 0. The number of nitrogens with zero attached hydrogens (tertiary/aromatic N) is 1. The Labute approximate surface area is 218 Å². The minimum absolute atomic E-state index is 0.0391. The smallest absolute Gasteiger partial charge is 0.222 e. The molecular formula is C31H51NO4. The van der Waals surface area contributed by atoms with Gasteiger partial charge in [0.25, 0.3) is 0 Å². The third-order valence-electron chi connectivity index (χ3n) is 12.3. The fourth-order valence-electron chi connectivity index (χ4n) is 9.98. The molecule has 9 atom stereocenters. The van der Waals surface area contributed by atoms with Crippen LogP contribution in [0.4, 0.5) is 0 Å². The van der Waals surface area contributed by atoms with Crippen molar-refractivity contribution in [2.75, 3.05) is 13.1 Å². The second-order valence-corrected chi connectivity index (χ2v) is 14.0. The van der Waals surface area contributed by atoms with Crippen molar-refractivity contribution in [3.8, 4) is 0 Å². The van der Waals surface area contributed by atoms with Crippen LogP contribution >= 0.6 is 0 Å². The van der Waals surface area contributed by atoms with Gasteiger partial charge in [-0.2, -0.15) is 0 Å². The molecule has 204 valence electrons. The molecule has 0 radical (unpaired) electrons. The lowest BCUT2D eigenvalue weighted by atomic mass is 9.46. The molecule has 3 N–H and O–H groups in total. The molecular weight excluding hydrogens is 450 g/mol. The first kappa shape index (κ1) is 26.7. The molecule has 4 aliphatic carbocycles. The predicted octanol–water partition coefficient (Wildman–Crippen LogP) is 5.08. The third-order valence-corrected chi connectivity index (χ3v) is 12.3. The first-order valence-electron chi connectivity index (χ1n) is 15.1. The van der Waals surface area contributed by atoms with Gasteiger partial charge in [-0.15, -0.1) is 0 Å². The van der Waals surface area contributed by atoms with Crippen LogP contribution in [-0.4, -0.2) is 57.0 Å². The Hall–Kier alpha value is -0.910. The lowest BCUT2D eigenvalue weighted by Crippen LogP contribution is -2.56. The number of allylic oxidation sites excluding steroid dienone is 1. The Morgan fingerprint density at radius 3 is 2.56 bits per heavy atom. The molecule has 3 saturated carbocycles. The molecule has 5 heteroatoms. The maximum absolute atomic E-state index is 13.0. The standard InChI is InChI=1S/C31H51NO4/c1-5-31(36)14-16-32(17-15-31)27(35)11-6-20(2)24-9-10-25-23-8-7-21-18-22(33)12-13-29(21,3)28(23)26(34)19-30(24,25)4/h7,20,22-26,28,33-34,36H,5-6,8-19H2,1-4H3/t20-,22+,23+,24-,25+,26+,28-,29+,30-/m1/s1. The highest BCUT2D eigenvalue weighted by Crippen LogP contribution is 2.67. The van der Waals surface area contributed by atoms with E-state index in [0.29, 0.717) is 61.9 Å². The Bertz CT molecular complexity index is 863. The topological polar surface area (TPSA) is 81.0 Å². The number of aliphatic hydroxyl groups is 3. The summed E-state index contributed by atoms with van der Waals surface area (Å²) in [6.45, 7) is 10.6. The van der Waals surface area contributed by atoms with Gasteiger partial charge in [0.1, 0.15) is 0 Å². The van der Waals surface area contributed by atoms with Crippen LogP contribution < -0.4 is 0 Å². The SMILES string of the molecule is CCC1(O)CCN(C(=O)CC[C@@H](C)[C@H]2CC[C@H]3[C@@H]4CC=C5C[C@@H](O)CC[C@]5(C)[C@H]4[C@@H](O)C[C@]23C)CC1. The minimum atomic E-state index is -0.583. The van der Waals surface area contributed by atoms with Crippen molar-refractivity contribution >= 4 is 5.91 Å². The summed E-state index contributed by atoms with van der Waals surface area (Å²) in [5.74, 6) is 2.78. The second-order valence-electron chi connectivity index (χ2n) is 14.0. The van der Waals surface area contributed by atoms with Gasteiger partial charge in [-0.3, -0.25) is 4.79 Å². The Kier molecular flexibility index (Phi) is 7.18. The highest BCUT2D eigenvalue weighted by Gasteiger charge is 2.62. The molecule has 0 aromatic carbocycles. The van der Waals surface area contributed by atoms with Crippen LogP contribution in [0.5, 0.6) is 0 Å². The van der Waals surface area contributed by atoms with Crippen molar-refractivity contribution in [2.45, 2.75) is 123 Å². The van der Waals surface area contributed by atoms with Crippen LogP contribution in [0.2, 0.25) is 0 Å². The summed E-state index contributed by atoms with van der Waals surface area (Å²) >= 11 is 0. The molecule has 0 spiro atoms. The molecule has 0 bridgehead atoms. The number of fused-ring (bicyclic) bond motifs is 5. The van der Waals surface area contributed by atoms with Gasteiger partial charge in [0.15, 0.2) is 0 Å². The van der Waals surface area contributed by atoms with Crippen LogP contribution in [0.1, 0.15) is 105 Å². The van der Waals surface area contributed by atoms with Gasteiger partial charge in [0.05, 0.1) is 17.8 Å². The number of amides is 1. The summed E-state index contributed by atoms with van der Waals surface area (Å²) < 4.78 is 0. The van der Waals surface area contributed by atoms with Crippen LogP contribution in [0, 0.1) is 40.4 Å². The third kappa shape index (κ3) is 4.39. The number of rotatable bonds is 5. The maximum atomic E-state index is 13.0. The molecule has 1 heterocycles. The number of hydrogen-bond donors (Lipinski definition) is 3. The molecule has 1 aliphatic heterocycles. The largest absolute Gasteiger partial charge is 0.393 e. The molecule has 0 aromatic rings. The zero-order valence-electron chi connectivity index (χ0n) is 23.2. The summed E-state index contributed by atoms with van der Waals surface area (Å²) in [6.07, 6.45) is 12.7. The quantitative estimate of drug-likeness (QED) is 0.459. The number of carbonyl (C=O) groups excluding carboxylic acids is 1. The van der Waals surface area contributed by atoms with E-state index in [1.165, 1.54) is 18.4 Å². The summed E-state index contributed by atoms with van der Waals surface area (Å²) in [5.41, 5.74) is 1.00. The van der Waals surface area contributed by atoms with Gasteiger partial charge in [0.2, 0.25) is 5.91 Å². The normalized spacial score (nSPS) is 44.8. The van der Waals surface area contributed by atoms with Crippen LogP contribution in [0.25, 0.3) is 0 Å². The van der Waals surface area contributed by atoms with E-state index in [-0.39, 0.29) is 28.9 Å². The average molecular weight is 502 g/mol. The number of hydrogen-bond acceptors (Lipinski definition) is 4. The van der Waals surface area contributed by atoms with Crippen molar-refractivity contribution in [3.63, 3.8) is 0 Å². The fourth-order valence-corrected chi connectivity index (χ4v) is 9.98. The van der Waals surface area contributed by atoms with E-state index in [4.69, 9.17) is 0 Å². The molecule has 5 rings (SSSR count). The highest BCUT2D eigenvalue weighted by atomic mass is 16.3. The van der Waals surface area contributed by atoms with Gasteiger partial charge in [0, 0.05) is 19.5 Å². The van der Waals surface area contributed by atoms with Crippen LogP contribution in [0.15, 0.2) is 11.6 Å². The molecule has 4 fully saturated rings. The van der Waals surface area contributed by atoms with E-state index in [9.17, 15) is 20.1 Å². The monoisotopic (exact) mass is 501 g/mol. The summed E-state index contributed by atoms with van der Waals surface area (Å²) in [6, 6.07) is 0. The summed E-state index contributed by atoms with van der Waals surface area (Å²) in [5, 5.41) is 32.4. The van der Waals surface area contributed by atoms with E-state index in [1.54, 1.807) is 0 Å². The number of aliphatic hydroxyl groups excluding tert-OH is 2. The predicted molar refractivity (Wildman–Crippen MR) is 142 cm³/mol. The first-order valence-corrected chi connectivity index (χ1v) is 15.1. The Morgan fingerprint density at radius 1 is 1.14 bits per heavy atom. The molecule has 1 amide bonds. The average Bonchev–Trinajstić information content (AvgIpc) is 3.19. The van der Waals surface area contributed by atoms with Crippen LogP contribution in [-0.2, 0) is 4.79 Å². The minimum Gasteiger partial charge on any atom is -0.393 e. The van der Waals surface area contributed by atoms with Gasteiger partial charge in [-0.1, -0.05) is 39.3 Å². The maximum Gasteiger partial charge on any atom is 0.222 e. The van der Waals surface area contributed by atoms with Crippen molar-refractivity contribution in [1.82, 2.24) is 4.90 Å². The van der Waals surface area contributed by atoms with E-state index in [2.05, 4.69) is 26.8 Å². The van der Waals surface area contributed by atoms with Crippen molar-refractivity contribution in [1.29, 1.82) is 0 Å².